The Morgan fingerprint density at radius 2 is 1.90 bits per heavy atom. The van der Waals surface area contributed by atoms with E-state index in [0.717, 1.165) is 33.9 Å². The molecular formula is C22H24N6O2. The van der Waals surface area contributed by atoms with Crippen molar-refractivity contribution < 1.29 is 9.53 Å². The number of carbonyl (C=O) groups excluding carboxylic acids is 1. The summed E-state index contributed by atoms with van der Waals surface area (Å²) in [5.74, 6) is 1.00. The van der Waals surface area contributed by atoms with E-state index >= 15 is 0 Å². The van der Waals surface area contributed by atoms with Gasteiger partial charge >= 0.3 is 0 Å². The van der Waals surface area contributed by atoms with Gasteiger partial charge in [0.2, 0.25) is 5.91 Å². The lowest BCUT2D eigenvalue weighted by molar-refractivity contribution is -0.120. The van der Waals surface area contributed by atoms with Crippen LogP contribution < -0.4 is 10.1 Å². The van der Waals surface area contributed by atoms with Gasteiger partial charge in [0.1, 0.15) is 11.8 Å². The van der Waals surface area contributed by atoms with E-state index in [4.69, 9.17) is 10.00 Å². The average molecular weight is 404 g/mol. The van der Waals surface area contributed by atoms with Crippen LogP contribution in [0.3, 0.4) is 0 Å². The van der Waals surface area contributed by atoms with E-state index in [1.165, 1.54) is 0 Å². The summed E-state index contributed by atoms with van der Waals surface area (Å²) in [7, 11) is 0. The lowest BCUT2D eigenvalue weighted by Gasteiger charge is -2.08. The molecule has 2 aromatic heterocycles. The molecule has 0 aliphatic rings. The molecule has 0 bridgehead atoms. The maximum Gasteiger partial charge on any atom is 0.251 e. The van der Waals surface area contributed by atoms with Crippen molar-refractivity contribution in [2.24, 2.45) is 0 Å². The molecule has 0 aliphatic heterocycles. The van der Waals surface area contributed by atoms with E-state index in [0.29, 0.717) is 18.2 Å². The zero-order valence-electron chi connectivity index (χ0n) is 17.6. The molecule has 0 spiro atoms. The molecular weight excluding hydrogens is 380 g/mol. The minimum absolute atomic E-state index is 0.0114. The van der Waals surface area contributed by atoms with E-state index in [2.05, 4.69) is 20.4 Å². The van der Waals surface area contributed by atoms with Crippen molar-refractivity contribution >= 4 is 5.91 Å². The van der Waals surface area contributed by atoms with Gasteiger partial charge in [-0.25, -0.2) is 14.6 Å². The Labute approximate surface area is 175 Å². The Morgan fingerprint density at radius 3 is 2.60 bits per heavy atom. The molecule has 1 N–H and O–H groups in total. The molecule has 8 nitrogen and oxygen atoms in total. The summed E-state index contributed by atoms with van der Waals surface area (Å²) < 4.78 is 6.98. The van der Waals surface area contributed by atoms with Crippen LogP contribution in [0, 0.1) is 39.0 Å². The molecule has 0 saturated carbocycles. The number of nitrogens with one attached hydrogen (secondary N) is 1. The Balaban J connectivity index is 1.69. The first-order chi connectivity index (χ1) is 14.4. The summed E-state index contributed by atoms with van der Waals surface area (Å²) in [5.41, 5.74) is 5.11. The van der Waals surface area contributed by atoms with Gasteiger partial charge in [-0.1, -0.05) is 12.1 Å². The number of amides is 1. The second kappa shape index (κ2) is 9.18. The van der Waals surface area contributed by atoms with Crippen LogP contribution in [-0.2, 0) is 17.8 Å². The van der Waals surface area contributed by atoms with Gasteiger partial charge in [0.05, 0.1) is 12.1 Å². The van der Waals surface area contributed by atoms with Crippen molar-refractivity contribution in [3.8, 4) is 17.8 Å². The quantitative estimate of drug-likeness (QED) is 0.649. The van der Waals surface area contributed by atoms with Crippen LogP contribution in [-0.4, -0.2) is 32.3 Å². The van der Waals surface area contributed by atoms with Crippen LogP contribution >= 0.6 is 0 Å². The number of carbonyl (C=O) groups is 1. The first kappa shape index (κ1) is 21.0. The SMILES string of the molecule is Cc1cc(C)nc(-n2nc(C)c(CC(=O)NCc3cccc(OCC#N)c3)c2C)n1. The number of aromatic nitrogens is 4. The van der Waals surface area contributed by atoms with Crippen LogP contribution in [0.15, 0.2) is 30.3 Å². The summed E-state index contributed by atoms with van der Waals surface area (Å²) in [4.78, 5) is 21.5. The highest BCUT2D eigenvalue weighted by atomic mass is 16.5. The molecule has 0 aliphatic carbocycles. The van der Waals surface area contributed by atoms with Crippen molar-refractivity contribution in [1.82, 2.24) is 25.1 Å². The fraction of sp³-hybridized carbons (Fsp3) is 0.318. The van der Waals surface area contributed by atoms with Gasteiger partial charge in [0, 0.05) is 29.2 Å². The van der Waals surface area contributed by atoms with Gasteiger partial charge < -0.3 is 10.1 Å². The first-order valence-corrected chi connectivity index (χ1v) is 9.60. The molecule has 1 aromatic carbocycles. The topological polar surface area (TPSA) is 106 Å². The number of nitriles is 1. The van der Waals surface area contributed by atoms with Gasteiger partial charge in [-0.15, -0.1) is 0 Å². The highest BCUT2D eigenvalue weighted by Crippen LogP contribution is 2.18. The molecule has 154 valence electrons. The molecule has 3 aromatic rings. The van der Waals surface area contributed by atoms with Gasteiger partial charge in [0.25, 0.3) is 5.95 Å². The van der Waals surface area contributed by atoms with Crippen LogP contribution in [0.2, 0.25) is 0 Å². The summed E-state index contributed by atoms with van der Waals surface area (Å²) in [6, 6.07) is 11.2. The smallest absolute Gasteiger partial charge is 0.251 e. The standard InChI is InChI=1S/C22H24N6O2/c1-14-10-15(2)26-22(25-14)28-17(4)20(16(3)27-28)12-21(29)24-13-18-6-5-7-19(11-18)30-9-8-23/h5-7,10-11H,9,12-13H2,1-4H3,(H,24,29). The van der Waals surface area contributed by atoms with Crippen LogP contribution in [0.25, 0.3) is 5.95 Å². The first-order valence-electron chi connectivity index (χ1n) is 9.60. The molecule has 0 atom stereocenters. The van der Waals surface area contributed by atoms with E-state index in [1.54, 1.807) is 10.7 Å². The number of rotatable bonds is 7. The van der Waals surface area contributed by atoms with E-state index in [9.17, 15) is 4.79 Å². The maximum atomic E-state index is 12.5. The molecule has 0 unspecified atom stereocenters. The lowest BCUT2D eigenvalue weighted by atomic mass is 10.1. The molecule has 3 rings (SSSR count). The zero-order valence-corrected chi connectivity index (χ0v) is 17.6. The minimum Gasteiger partial charge on any atom is -0.479 e. The predicted molar refractivity (Wildman–Crippen MR) is 111 cm³/mol. The van der Waals surface area contributed by atoms with Crippen molar-refractivity contribution in [3.05, 3.63) is 64.2 Å². The summed E-state index contributed by atoms with van der Waals surface area (Å²) in [5, 5.41) is 16.1. The number of hydrogen-bond donors (Lipinski definition) is 1. The Hall–Kier alpha value is -3.73. The van der Waals surface area contributed by atoms with Crippen LogP contribution in [0.5, 0.6) is 5.75 Å². The summed E-state index contributed by atoms with van der Waals surface area (Å²) in [6.45, 7) is 7.99. The predicted octanol–water partition coefficient (Wildman–Crippen LogP) is 2.66. The highest BCUT2D eigenvalue weighted by molar-refractivity contribution is 5.79. The highest BCUT2D eigenvalue weighted by Gasteiger charge is 2.17. The Bertz CT molecular complexity index is 1090. The van der Waals surface area contributed by atoms with E-state index < -0.39 is 0 Å². The third-order valence-corrected chi connectivity index (χ3v) is 4.63. The van der Waals surface area contributed by atoms with Crippen molar-refractivity contribution in [1.29, 1.82) is 5.26 Å². The zero-order chi connectivity index (χ0) is 21.7. The third kappa shape index (κ3) is 5.00. The monoisotopic (exact) mass is 404 g/mol. The molecule has 8 heteroatoms. The van der Waals surface area contributed by atoms with Crippen molar-refractivity contribution in [3.63, 3.8) is 0 Å². The number of aryl methyl sites for hydroxylation is 3. The van der Waals surface area contributed by atoms with Crippen molar-refractivity contribution in [2.75, 3.05) is 6.61 Å². The minimum atomic E-state index is -0.106. The molecule has 0 fully saturated rings. The van der Waals surface area contributed by atoms with E-state index in [1.807, 2.05) is 58.0 Å². The van der Waals surface area contributed by atoms with Gasteiger partial charge in [-0.3, -0.25) is 4.79 Å². The molecule has 2 heterocycles. The van der Waals surface area contributed by atoms with Gasteiger partial charge in [0.15, 0.2) is 6.61 Å². The van der Waals surface area contributed by atoms with Gasteiger partial charge in [-0.05, 0) is 51.5 Å². The lowest BCUT2D eigenvalue weighted by Crippen LogP contribution is -2.25. The van der Waals surface area contributed by atoms with Gasteiger partial charge in [-0.2, -0.15) is 10.4 Å². The fourth-order valence-electron chi connectivity index (χ4n) is 3.21. The number of hydrogen-bond acceptors (Lipinski definition) is 6. The number of nitrogens with zero attached hydrogens (tertiary/aromatic N) is 5. The van der Waals surface area contributed by atoms with Crippen LogP contribution in [0.4, 0.5) is 0 Å². The third-order valence-electron chi connectivity index (χ3n) is 4.63. The second-order valence-corrected chi connectivity index (χ2v) is 7.06. The van der Waals surface area contributed by atoms with E-state index in [-0.39, 0.29) is 18.9 Å². The Morgan fingerprint density at radius 1 is 1.17 bits per heavy atom. The maximum absolute atomic E-state index is 12.5. The van der Waals surface area contributed by atoms with Crippen LogP contribution in [0.1, 0.15) is 33.9 Å². The molecule has 0 radical (unpaired) electrons. The fourth-order valence-corrected chi connectivity index (χ4v) is 3.21. The number of benzene rings is 1. The molecule has 0 saturated heterocycles. The largest absolute Gasteiger partial charge is 0.479 e. The molecule has 30 heavy (non-hydrogen) atoms. The number of ether oxygens (including phenoxy) is 1. The Kier molecular flexibility index (Phi) is 6.42. The summed E-state index contributed by atoms with van der Waals surface area (Å²) >= 11 is 0. The average Bonchev–Trinajstić information content (AvgIpc) is 2.98. The second-order valence-electron chi connectivity index (χ2n) is 7.06. The van der Waals surface area contributed by atoms with Crippen molar-refractivity contribution in [2.45, 2.75) is 40.7 Å². The summed E-state index contributed by atoms with van der Waals surface area (Å²) in [6.07, 6.45) is 0.215. The normalized spacial score (nSPS) is 10.5. The molecule has 1 amide bonds.